The van der Waals surface area contributed by atoms with E-state index in [0.717, 1.165) is 10.9 Å². The monoisotopic (exact) mass is 444 g/mol. The number of hydrogen-bond donors (Lipinski definition) is 2. The highest BCUT2D eigenvalue weighted by Gasteiger charge is 2.32. The fraction of sp³-hybridized carbons (Fsp3) is 0.333. The van der Waals surface area contributed by atoms with E-state index in [1.54, 1.807) is 12.3 Å². The molecule has 0 radical (unpaired) electrons. The van der Waals surface area contributed by atoms with Gasteiger partial charge in [-0.05, 0) is 31.0 Å². The molecule has 1 aliphatic rings. The van der Waals surface area contributed by atoms with Gasteiger partial charge in [-0.15, -0.1) is 0 Å². The van der Waals surface area contributed by atoms with Crippen molar-refractivity contribution < 1.29 is 22.7 Å². The SMILES string of the molecule is COc1ccc(S(=O)(=O)N2CCC(C(=O)Nc3cccc4cn[nH]c34)CC2)cc1OC. The zero-order valence-electron chi connectivity index (χ0n) is 17.3. The van der Waals surface area contributed by atoms with Crippen molar-refractivity contribution in [3.63, 3.8) is 0 Å². The summed E-state index contributed by atoms with van der Waals surface area (Å²) in [7, 11) is -0.741. The molecule has 0 atom stereocenters. The third-order valence-electron chi connectivity index (χ3n) is 5.55. The van der Waals surface area contributed by atoms with Gasteiger partial charge in [0.15, 0.2) is 11.5 Å². The topological polar surface area (TPSA) is 114 Å². The van der Waals surface area contributed by atoms with Crippen LogP contribution in [-0.2, 0) is 14.8 Å². The first kappa shape index (κ1) is 21.1. The molecule has 2 heterocycles. The van der Waals surface area contributed by atoms with Gasteiger partial charge in [-0.2, -0.15) is 9.40 Å². The molecule has 1 saturated heterocycles. The number of H-pyrrole nitrogens is 1. The Morgan fingerprint density at radius 3 is 2.58 bits per heavy atom. The van der Waals surface area contributed by atoms with Crippen molar-refractivity contribution in [1.29, 1.82) is 0 Å². The maximum atomic E-state index is 13.1. The third kappa shape index (κ3) is 4.08. The number of carbonyl (C=O) groups is 1. The van der Waals surface area contributed by atoms with Crippen LogP contribution in [0.2, 0.25) is 0 Å². The van der Waals surface area contributed by atoms with Crippen LogP contribution in [0, 0.1) is 5.92 Å². The number of nitrogens with zero attached hydrogens (tertiary/aromatic N) is 2. The number of amides is 1. The van der Waals surface area contributed by atoms with Crippen LogP contribution in [0.25, 0.3) is 10.9 Å². The van der Waals surface area contributed by atoms with Gasteiger partial charge >= 0.3 is 0 Å². The number of anilines is 1. The van der Waals surface area contributed by atoms with Crippen molar-refractivity contribution in [1.82, 2.24) is 14.5 Å². The van der Waals surface area contributed by atoms with Gasteiger partial charge in [-0.25, -0.2) is 8.42 Å². The summed E-state index contributed by atoms with van der Waals surface area (Å²) in [6, 6.07) is 10.1. The molecule has 2 aromatic carbocycles. The summed E-state index contributed by atoms with van der Waals surface area (Å²) in [6.07, 6.45) is 2.58. The lowest BCUT2D eigenvalue weighted by Gasteiger charge is -2.30. The number of ether oxygens (including phenoxy) is 2. The Morgan fingerprint density at radius 1 is 1.13 bits per heavy atom. The fourth-order valence-corrected chi connectivity index (χ4v) is 5.28. The highest BCUT2D eigenvalue weighted by Crippen LogP contribution is 2.32. The van der Waals surface area contributed by atoms with Crippen molar-refractivity contribution in [2.75, 3.05) is 32.6 Å². The van der Waals surface area contributed by atoms with Crippen molar-refractivity contribution in [3.8, 4) is 11.5 Å². The number of para-hydroxylation sites is 1. The van der Waals surface area contributed by atoms with Gasteiger partial charge in [0.1, 0.15) is 0 Å². The van der Waals surface area contributed by atoms with Gasteiger partial charge in [0.2, 0.25) is 15.9 Å². The quantitative estimate of drug-likeness (QED) is 0.604. The second-order valence-corrected chi connectivity index (χ2v) is 9.26. The third-order valence-corrected chi connectivity index (χ3v) is 7.45. The van der Waals surface area contributed by atoms with Gasteiger partial charge in [0.05, 0.1) is 36.5 Å². The summed E-state index contributed by atoms with van der Waals surface area (Å²) in [5, 5.41) is 10.7. The Morgan fingerprint density at radius 2 is 1.87 bits per heavy atom. The number of aromatic amines is 1. The van der Waals surface area contributed by atoms with Crippen LogP contribution in [-0.4, -0.2) is 56.1 Å². The molecule has 3 aromatic rings. The molecule has 2 N–H and O–H groups in total. The van der Waals surface area contributed by atoms with Crippen LogP contribution in [0.1, 0.15) is 12.8 Å². The second kappa shape index (κ2) is 8.56. The molecule has 1 amide bonds. The molecule has 1 fully saturated rings. The van der Waals surface area contributed by atoms with Crippen molar-refractivity contribution in [3.05, 3.63) is 42.6 Å². The maximum absolute atomic E-state index is 13.1. The molecular formula is C21H24N4O5S. The number of methoxy groups -OCH3 is 2. The fourth-order valence-electron chi connectivity index (χ4n) is 3.79. The molecule has 0 bridgehead atoms. The number of hydrogen-bond acceptors (Lipinski definition) is 6. The van der Waals surface area contributed by atoms with Gasteiger partial charge in [0.25, 0.3) is 0 Å². The zero-order valence-corrected chi connectivity index (χ0v) is 18.1. The van der Waals surface area contributed by atoms with E-state index in [1.807, 2.05) is 18.2 Å². The van der Waals surface area contributed by atoms with Crippen molar-refractivity contribution >= 4 is 32.5 Å². The molecule has 0 unspecified atom stereocenters. The summed E-state index contributed by atoms with van der Waals surface area (Å²) < 4.78 is 37.9. The van der Waals surface area contributed by atoms with Crippen molar-refractivity contribution in [2.24, 2.45) is 5.92 Å². The summed E-state index contributed by atoms with van der Waals surface area (Å²) in [4.78, 5) is 12.9. The van der Waals surface area contributed by atoms with E-state index in [4.69, 9.17) is 9.47 Å². The number of nitrogens with one attached hydrogen (secondary N) is 2. The minimum atomic E-state index is -3.70. The minimum Gasteiger partial charge on any atom is -0.493 e. The molecule has 164 valence electrons. The van der Waals surface area contributed by atoms with E-state index >= 15 is 0 Å². The smallest absolute Gasteiger partial charge is 0.243 e. The van der Waals surface area contributed by atoms with Crippen LogP contribution in [0.4, 0.5) is 5.69 Å². The predicted octanol–water partition coefficient (Wildman–Crippen LogP) is 2.62. The molecule has 0 spiro atoms. The molecule has 10 heteroatoms. The second-order valence-electron chi connectivity index (χ2n) is 7.32. The standard InChI is InChI=1S/C21H24N4O5S/c1-29-18-7-6-16(12-19(18)30-2)31(27,28)25-10-8-14(9-11-25)21(26)23-17-5-3-4-15-13-22-24-20(15)17/h3-7,12-14H,8-11H2,1-2H3,(H,22,24)(H,23,26). The van der Waals surface area contributed by atoms with E-state index in [9.17, 15) is 13.2 Å². The van der Waals surface area contributed by atoms with E-state index in [-0.39, 0.29) is 29.8 Å². The van der Waals surface area contributed by atoms with Gasteiger partial charge in [0, 0.05) is 30.5 Å². The Bertz CT molecular complexity index is 1200. The van der Waals surface area contributed by atoms with E-state index < -0.39 is 10.0 Å². The molecule has 9 nitrogen and oxygen atoms in total. The largest absolute Gasteiger partial charge is 0.493 e. The Hall–Kier alpha value is -3.11. The average Bonchev–Trinajstić information content (AvgIpc) is 3.28. The Balaban J connectivity index is 1.43. The lowest BCUT2D eigenvalue weighted by molar-refractivity contribution is -0.120. The number of piperidine rings is 1. The molecule has 4 rings (SSSR count). The van der Waals surface area contributed by atoms with Crippen LogP contribution in [0.3, 0.4) is 0 Å². The van der Waals surface area contributed by atoms with E-state index in [2.05, 4.69) is 15.5 Å². The molecule has 0 saturated carbocycles. The van der Waals surface area contributed by atoms with Crippen molar-refractivity contribution in [2.45, 2.75) is 17.7 Å². The molecule has 1 aromatic heterocycles. The molecule has 0 aliphatic carbocycles. The van der Waals surface area contributed by atoms with Crippen LogP contribution < -0.4 is 14.8 Å². The van der Waals surface area contributed by atoms with E-state index in [0.29, 0.717) is 30.0 Å². The zero-order chi connectivity index (χ0) is 22.0. The normalized spacial score (nSPS) is 15.7. The van der Waals surface area contributed by atoms with Gasteiger partial charge < -0.3 is 14.8 Å². The number of sulfonamides is 1. The lowest BCUT2D eigenvalue weighted by Crippen LogP contribution is -2.41. The lowest BCUT2D eigenvalue weighted by atomic mass is 9.97. The maximum Gasteiger partial charge on any atom is 0.243 e. The number of aromatic nitrogens is 2. The summed E-state index contributed by atoms with van der Waals surface area (Å²) in [5.74, 6) is 0.426. The number of carbonyl (C=O) groups excluding carboxylic acids is 1. The number of benzene rings is 2. The number of rotatable bonds is 6. The van der Waals surface area contributed by atoms with Crippen LogP contribution >= 0.6 is 0 Å². The highest BCUT2D eigenvalue weighted by atomic mass is 32.2. The summed E-state index contributed by atoms with van der Waals surface area (Å²) in [5.41, 5.74) is 1.43. The van der Waals surface area contributed by atoms with Gasteiger partial charge in [-0.3, -0.25) is 9.89 Å². The Kier molecular flexibility index (Phi) is 5.84. The first-order valence-corrected chi connectivity index (χ1v) is 11.3. The van der Waals surface area contributed by atoms with Crippen LogP contribution in [0.5, 0.6) is 11.5 Å². The summed E-state index contributed by atoms with van der Waals surface area (Å²) in [6.45, 7) is 0.534. The molecule has 31 heavy (non-hydrogen) atoms. The van der Waals surface area contributed by atoms with E-state index in [1.165, 1.54) is 30.7 Å². The minimum absolute atomic E-state index is 0.120. The first-order chi connectivity index (χ1) is 14.9. The molecule has 1 aliphatic heterocycles. The Labute approximate surface area is 180 Å². The molecular weight excluding hydrogens is 420 g/mol. The van der Waals surface area contributed by atoms with Crippen LogP contribution in [0.15, 0.2) is 47.5 Å². The predicted molar refractivity (Wildman–Crippen MR) is 116 cm³/mol. The number of fused-ring (bicyclic) bond motifs is 1. The first-order valence-electron chi connectivity index (χ1n) is 9.89. The average molecular weight is 445 g/mol. The van der Waals surface area contributed by atoms with Gasteiger partial charge in [-0.1, -0.05) is 12.1 Å². The summed E-state index contributed by atoms with van der Waals surface area (Å²) >= 11 is 0. The highest BCUT2D eigenvalue weighted by molar-refractivity contribution is 7.89.